The number of hydrazone groups is 1. The van der Waals surface area contributed by atoms with Crippen LogP contribution in [-0.4, -0.2) is 34.8 Å². The van der Waals surface area contributed by atoms with Crippen molar-refractivity contribution in [3.8, 4) is 17.2 Å². The van der Waals surface area contributed by atoms with E-state index in [1.54, 1.807) is 54.6 Å². The van der Waals surface area contributed by atoms with Crippen LogP contribution in [0.25, 0.3) is 0 Å². The minimum atomic E-state index is -4.12. The smallest absolute Gasteiger partial charge is 0.339 e. The molecular formula is C23H22N2O6S. The second-order valence-corrected chi connectivity index (χ2v) is 8.20. The van der Waals surface area contributed by atoms with Crippen LogP contribution >= 0.6 is 0 Å². The normalized spacial score (nSPS) is 11.2. The van der Waals surface area contributed by atoms with E-state index in [0.29, 0.717) is 16.9 Å². The Morgan fingerprint density at radius 3 is 2.25 bits per heavy atom. The minimum absolute atomic E-state index is 0.00436. The fraction of sp³-hybridized carbons (Fsp3) is 0.130. The summed E-state index contributed by atoms with van der Waals surface area (Å²) >= 11 is 0. The lowest BCUT2D eigenvalue weighted by molar-refractivity contribution is 0.0955. The van der Waals surface area contributed by atoms with Gasteiger partial charge in [-0.25, -0.2) is 5.43 Å². The number of hydrogen-bond donors (Lipinski definition) is 1. The Labute approximate surface area is 186 Å². The average molecular weight is 455 g/mol. The van der Waals surface area contributed by atoms with E-state index in [4.69, 9.17) is 13.7 Å². The van der Waals surface area contributed by atoms with Crippen molar-refractivity contribution in [2.45, 2.75) is 11.8 Å². The van der Waals surface area contributed by atoms with Crippen LogP contribution in [0.1, 0.15) is 21.5 Å². The van der Waals surface area contributed by atoms with Gasteiger partial charge in [-0.3, -0.25) is 4.79 Å². The molecule has 0 aromatic heterocycles. The standard InChI is InChI=1S/C23H22N2O6S/c1-16-7-13-20(14-8-16)32(27,28)31-22-18(5-4-6-21(22)30-3)15-24-25-23(26)17-9-11-19(29-2)12-10-17/h4-15H,1-3H3,(H,25,26). The van der Waals surface area contributed by atoms with Crippen molar-refractivity contribution in [2.75, 3.05) is 14.2 Å². The lowest BCUT2D eigenvalue weighted by Gasteiger charge is -2.13. The van der Waals surface area contributed by atoms with Crippen LogP contribution in [0.3, 0.4) is 0 Å². The first-order valence-electron chi connectivity index (χ1n) is 9.49. The summed E-state index contributed by atoms with van der Waals surface area (Å²) in [7, 11) is -1.19. The Balaban J connectivity index is 1.82. The van der Waals surface area contributed by atoms with Crippen LogP contribution in [0.15, 0.2) is 76.7 Å². The summed E-state index contributed by atoms with van der Waals surface area (Å²) in [6, 6.07) is 17.6. The molecule has 0 aliphatic carbocycles. The number of benzene rings is 3. The Bertz CT molecular complexity index is 1220. The maximum absolute atomic E-state index is 12.8. The van der Waals surface area contributed by atoms with Crippen molar-refractivity contribution in [3.63, 3.8) is 0 Å². The SMILES string of the molecule is COc1ccc(C(=O)NN=Cc2cccc(OC)c2OS(=O)(=O)c2ccc(C)cc2)cc1. The molecule has 0 spiro atoms. The Morgan fingerprint density at radius 2 is 1.62 bits per heavy atom. The monoisotopic (exact) mass is 454 g/mol. The zero-order valence-electron chi connectivity index (χ0n) is 17.7. The number of para-hydroxylation sites is 1. The molecular weight excluding hydrogens is 432 g/mol. The molecule has 0 aliphatic heterocycles. The van der Waals surface area contributed by atoms with E-state index in [1.165, 1.54) is 32.6 Å². The van der Waals surface area contributed by atoms with Crippen molar-refractivity contribution in [3.05, 3.63) is 83.4 Å². The quantitative estimate of drug-likeness (QED) is 0.317. The number of carbonyl (C=O) groups is 1. The molecule has 0 saturated heterocycles. The number of amides is 1. The van der Waals surface area contributed by atoms with Gasteiger partial charge in [-0.05, 0) is 55.5 Å². The van der Waals surface area contributed by atoms with E-state index in [1.807, 2.05) is 6.92 Å². The third-order valence-corrected chi connectivity index (χ3v) is 5.69. The molecule has 0 bridgehead atoms. The maximum Gasteiger partial charge on any atom is 0.339 e. The third-order valence-electron chi connectivity index (χ3n) is 4.45. The predicted molar refractivity (Wildman–Crippen MR) is 120 cm³/mol. The van der Waals surface area contributed by atoms with E-state index in [0.717, 1.165) is 5.56 Å². The van der Waals surface area contributed by atoms with Crippen LogP contribution in [0.5, 0.6) is 17.2 Å². The van der Waals surface area contributed by atoms with Gasteiger partial charge in [0.05, 0.1) is 20.4 Å². The van der Waals surface area contributed by atoms with Crippen molar-refractivity contribution in [2.24, 2.45) is 5.10 Å². The summed E-state index contributed by atoms with van der Waals surface area (Å²) in [6.07, 6.45) is 1.28. The van der Waals surface area contributed by atoms with Gasteiger partial charge in [0.25, 0.3) is 5.91 Å². The van der Waals surface area contributed by atoms with Crippen LogP contribution in [0.2, 0.25) is 0 Å². The molecule has 3 rings (SSSR count). The lowest BCUT2D eigenvalue weighted by Crippen LogP contribution is -2.17. The van der Waals surface area contributed by atoms with E-state index in [2.05, 4.69) is 10.5 Å². The van der Waals surface area contributed by atoms with E-state index < -0.39 is 16.0 Å². The molecule has 0 radical (unpaired) electrons. The van der Waals surface area contributed by atoms with Crippen LogP contribution in [0.4, 0.5) is 0 Å². The molecule has 1 N–H and O–H groups in total. The fourth-order valence-corrected chi connectivity index (χ4v) is 3.68. The van der Waals surface area contributed by atoms with Crippen LogP contribution < -0.4 is 19.1 Å². The number of ether oxygens (including phenoxy) is 2. The summed E-state index contributed by atoms with van der Waals surface area (Å²) in [5.41, 5.74) is 3.99. The van der Waals surface area contributed by atoms with Gasteiger partial charge >= 0.3 is 10.1 Å². The Hall–Kier alpha value is -3.85. The molecule has 3 aromatic rings. The van der Waals surface area contributed by atoms with Gasteiger partial charge in [0.1, 0.15) is 10.6 Å². The highest BCUT2D eigenvalue weighted by Crippen LogP contribution is 2.32. The molecule has 0 heterocycles. The summed E-state index contributed by atoms with van der Waals surface area (Å²) in [5.74, 6) is 0.337. The molecule has 1 amide bonds. The van der Waals surface area contributed by atoms with Crippen LogP contribution in [-0.2, 0) is 10.1 Å². The molecule has 3 aromatic carbocycles. The summed E-state index contributed by atoms with van der Waals surface area (Å²) in [6.45, 7) is 1.85. The zero-order valence-corrected chi connectivity index (χ0v) is 18.5. The second-order valence-electron chi connectivity index (χ2n) is 6.66. The van der Waals surface area contributed by atoms with Crippen molar-refractivity contribution in [1.82, 2.24) is 5.43 Å². The highest BCUT2D eigenvalue weighted by atomic mass is 32.2. The fourth-order valence-electron chi connectivity index (χ4n) is 2.71. The number of nitrogens with one attached hydrogen (secondary N) is 1. The van der Waals surface area contributed by atoms with Gasteiger partial charge in [-0.2, -0.15) is 13.5 Å². The second kappa shape index (κ2) is 9.97. The van der Waals surface area contributed by atoms with Gasteiger partial charge < -0.3 is 13.7 Å². The number of aryl methyl sites for hydroxylation is 1. The summed E-state index contributed by atoms with van der Waals surface area (Å²) in [5, 5.41) is 3.92. The molecule has 0 unspecified atom stereocenters. The van der Waals surface area contributed by atoms with Crippen molar-refractivity contribution >= 4 is 22.2 Å². The minimum Gasteiger partial charge on any atom is -0.497 e. The topological polar surface area (TPSA) is 103 Å². The number of hydrogen-bond acceptors (Lipinski definition) is 7. The van der Waals surface area contributed by atoms with E-state index in [9.17, 15) is 13.2 Å². The number of carbonyl (C=O) groups excluding carboxylic acids is 1. The molecule has 9 heteroatoms. The van der Waals surface area contributed by atoms with Gasteiger partial charge in [-0.15, -0.1) is 0 Å². The first-order chi connectivity index (χ1) is 15.3. The molecule has 0 saturated carbocycles. The lowest BCUT2D eigenvalue weighted by atomic mass is 10.2. The number of rotatable bonds is 8. The zero-order chi connectivity index (χ0) is 23.1. The van der Waals surface area contributed by atoms with Crippen molar-refractivity contribution in [1.29, 1.82) is 0 Å². The highest BCUT2D eigenvalue weighted by Gasteiger charge is 2.21. The maximum atomic E-state index is 12.8. The first kappa shape index (κ1) is 22.8. The molecule has 8 nitrogen and oxygen atoms in total. The Kier molecular flexibility index (Phi) is 7.11. The molecule has 0 atom stereocenters. The molecule has 0 aliphatic rings. The molecule has 32 heavy (non-hydrogen) atoms. The van der Waals surface area contributed by atoms with E-state index in [-0.39, 0.29) is 16.4 Å². The van der Waals surface area contributed by atoms with Crippen molar-refractivity contribution < 1.29 is 26.9 Å². The largest absolute Gasteiger partial charge is 0.497 e. The predicted octanol–water partition coefficient (Wildman–Crippen LogP) is 3.54. The first-order valence-corrected chi connectivity index (χ1v) is 10.9. The molecule has 0 fully saturated rings. The summed E-state index contributed by atoms with van der Waals surface area (Å²) < 4.78 is 41.2. The van der Waals surface area contributed by atoms with Gasteiger partial charge in [0, 0.05) is 11.1 Å². The van der Waals surface area contributed by atoms with Gasteiger partial charge in [0.15, 0.2) is 11.5 Å². The molecule has 166 valence electrons. The van der Waals surface area contributed by atoms with Gasteiger partial charge in [0.2, 0.25) is 0 Å². The third kappa shape index (κ3) is 5.44. The number of nitrogens with zero attached hydrogens (tertiary/aromatic N) is 1. The Morgan fingerprint density at radius 1 is 0.938 bits per heavy atom. The highest BCUT2D eigenvalue weighted by molar-refractivity contribution is 7.87. The van der Waals surface area contributed by atoms with E-state index >= 15 is 0 Å². The summed E-state index contributed by atoms with van der Waals surface area (Å²) in [4.78, 5) is 12.3. The van der Waals surface area contributed by atoms with Crippen LogP contribution in [0, 0.1) is 6.92 Å². The number of methoxy groups -OCH3 is 2. The average Bonchev–Trinajstić information content (AvgIpc) is 2.80. The van der Waals surface area contributed by atoms with Gasteiger partial charge in [-0.1, -0.05) is 23.8 Å².